The molecule has 0 spiro atoms. The molecule has 10 heteroatoms. The van der Waals surface area contributed by atoms with Crippen LogP contribution in [0.15, 0.2) is 60.4 Å². The van der Waals surface area contributed by atoms with Gasteiger partial charge in [0.25, 0.3) is 0 Å². The zero-order chi connectivity index (χ0) is 23.0. The van der Waals surface area contributed by atoms with Crippen LogP contribution in [0.3, 0.4) is 0 Å². The van der Waals surface area contributed by atoms with E-state index in [1.807, 2.05) is 40.3 Å². The van der Waals surface area contributed by atoms with Crippen molar-refractivity contribution in [3.8, 4) is 11.1 Å². The molecule has 0 amide bonds. The molecule has 1 aromatic carbocycles. The molecule has 2 atom stereocenters. The number of nitrogens with one attached hydrogen (secondary N) is 1. The van der Waals surface area contributed by atoms with Gasteiger partial charge in [-0.1, -0.05) is 24.6 Å². The van der Waals surface area contributed by atoms with E-state index in [1.165, 1.54) is 0 Å². The Morgan fingerprint density at radius 2 is 2.00 bits per heavy atom. The normalized spacial score (nSPS) is 19.2. The summed E-state index contributed by atoms with van der Waals surface area (Å²) in [5.74, 6) is 0. The van der Waals surface area contributed by atoms with Crippen molar-refractivity contribution in [1.82, 2.24) is 28.9 Å². The molecule has 0 aliphatic heterocycles. The monoisotopic (exact) mass is 484 g/mol. The van der Waals surface area contributed by atoms with Crippen molar-refractivity contribution in [3.05, 3.63) is 66.1 Å². The average molecular weight is 485 g/mol. The van der Waals surface area contributed by atoms with E-state index in [4.69, 9.17) is 11.6 Å². The molecule has 3 aromatic heterocycles. The van der Waals surface area contributed by atoms with Crippen LogP contribution in [0.4, 0.5) is 0 Å². The first-order chi connectivity index (χ1) is 15.9. The summed E-state index contributed by atoms with van der Waals surface area (Å²) < 4.78 is 33.5. The van der Waals surface area contributed by atoms with E-state index in [2.05, 4.69) is 19.9 Å². The van der Waals surface area contributed by atoms with Crippen molar-refractivity contribution in [1.29, 1.82) is 0 Å². The van der Waals surface area contributed by atoms with Crippen LogP contribution < -0.4 is 4.72 Å². The van der Waals surface area contributed by atoms with E-state index in [1.54, 1.807) is 31.1 Å². The van der Waals surface area contributed by atoms with Crippen molar-refractivity contribution >= 4 is 27.3 Å². The Hall–Kier alpha value is -2.75. The molecular formula is C23H25ClN6O2S. The lowest BCUT2D eigenvalue weighted by molar-refractivity contribution is 0.305. The molecule has 2 unspecified atom stereocenters. The number of hydrogen-bond acceptors (Lipinski definition) is 5. The van der Waals surface area contributed by atoms with Crippen LogP contribution >= 0.6 is 11.6 Å². The number of rotatable bonds is 6. The highest BCUT2D eigenvalue weighted by Crippen LogP contribution is 2.32. The largest absolute Gasteiger partial charge is 0.317 e. The second kappa shape index (κ2) is 8.89. The van der Waals surface area contributed by atoms with Gasteiger partial charge in [-0.25, -0.2) is 18.1 Å². The van der Waals surface area contributed by atoms with Gasteiger partial charge >= 0.3 is 0 Å². The Kier molecular flexibility index (Phi) is 5.94. The minimum atomic E-state index is -3.67. The highest BCUT2D eigenvalue weighted by atomic mass is 35.5. The molecule has 1 aliphatic rings. The van der Waals surface area contributed by atoms with E-state index < -0.39 is 10.0 Å². The highest BCUT2D eigenvalue weighted by Gasteiger charge is 2.28. The minimum Gasteiger partial charge on any atom is -0.317 e. The number of benzene rings is 1. The zero-order valence-corrected chi connectivity index (χ0v) is 19.8. The van der Waals surface area contributed by atoms with E-state index in [-0.39, 0.29) is 12.1 Å². The lowest BCUT2D eigenvalue weighted by Gasteiger charge is -2.30. The average Bonchev–Trinajstić information content (AvgIpc) is 3.50. The van der Waals surface area contributed by atoms with Gasteiger partial charge in [0.2, 0.25) is 10.0 Å². The fourth-order valence-electron chi connectivity index (χ4n) is 4.72. The maximum atomic E-state index is 13.4. The molecule has 1 fully saturated rings. The molecule has 4 aromatic rings. The van der Waals surface area contributed by atoms with E-state index in [9.17, 15) is 8.42 Å². The van der Waals surface area contributed by atoms with Crippen LogP contribution in [0.25, 0.3) is 16.8 Å². The summed E-state index contributed by atoms with van der Waals surface area (Å²) in [5, 5.41) is 8.35. The summed E-state index contributed by atoms with van der Waals surface area (Å²) in [4.78, 5) is 4.75. The zero-order valence-electron chi connectivity index (χ0n) is 18.2. The third kappa shape index (κ3) is 4.40. The third-order valence-electron chi connectivity index (χ3n) is 6.32. The molecule has 0 bridgehead atoms. The standard InChI is InChI=1S/C23H25ClN6O2S/c1-2-16-10-17(21-11-18(24)13-29-9-8-25-23(21)29)6-7-22(16)33(31,32)28-19-4-3-5-20(12-19)30-14-26-27-15-30/h6-11,13-15,19-20,28H,2-5,12H2,1H3. The van der Waals surface area contributed by atoms with Crippen molar-refractivity contribution in [3.63, 3.8) is 0 Å². The third-order valence-corrected chi connectivity index (χ3v) is 8.15. The number of pyridine rings is 1. The van der Waals surface area contributed by atoms with Crippen LogP contribution in [0.2, 0.25) is 5.02 Å². The Bertz CT molecular complexity index is 1380. The molecular weight excluding hydrogens is 460 g/mol. The maximum absolute atomic E-state index is 13.4. The van der Waals surface area contributed by atoms with Crippen LogP contribution in [0.1, 0.15) is 44.2 Å². The van der Waals surface area contributed by atoms with Gasteiger partial charge in [-0.2, -0.15) is 0 Å². The molecule has 5 rings (SSSR count). The second-order valence-electron chi connectivity index (χ2n) is 8.45. The van der Waals surface area contributed by atoms with E-state index in [0.717, 1.165) is 48.0 Å². The van der Waals surface area contributed by atoms with Crippen molar-refractivity contribution in [2.24, 2.45) is 0 Å². The Labute approximate surface area is 197 Å². The Morgan fingerprint density at radius 1 is 1.18 bits per heavy atom. The minimum absolute atomic E-state index is 0.127. The molecule has 0 saturated heterocycles. The SMILES string of the molecule is CCc1cc(-c2cc(Cl)cn3ccnc23)ccc1S(=O)(=O)NC1CCCC(n2cnnc2)C1. The first-order valence-electron chi connectivity index (χ1n) is 11.1. The molecule has 1 N–H and O–H groups in total. The highest BCUT2D eigenvalue weighted by molar-refractivity contribution is 7.89. The summed E-state index contributed by atoms with van der Waals surface area (Å²) in [5.41, 5.74) is 3.28. The Balaban J connectivity index is 1.43. The van der Waals surface area contributed by atoms with E-state index >= 15 is 0 Å². The molecule has 8 nitrogen and oxygen atoms in total. The number of fused-ring (bicyclic) bond motifs is 1. The Morgan fingerprint density at radius 3 is 2.79 bits per heavy atom. The smallest absolute Gasteiger partial charge is 0.241 e. The molecule has 33 heavy (non-hydrogen) atoms. The van der Waals surface area contributed by atoms with Crippen molar-refractivity contribution < 1.29 is 8.42 Å². The van der Waals surface area contributed by atoms with Gasteiger partial charge in [-0.3, -0.25) is 0 Å². The fraction of sp³-hybridized carbons (Fsp3) is 0.348. The number of aromatic nitrogens is 5. The number of imidazole rings is 1. The summed E-state index contributed by atoms with van der Waals surface area (Å²) in [6.45, 7) is 1.96. The summed E-state index contributed by atoms with van der Waals surface area (Å²) in [7, 11) is -3.67. The molecule has 1 saturated carbocycles. The first-order valence-corrected chi connectivity index (χ1v) is 12.9. The van der Waals surface area contributed by atoms with Crippen LogP contribution in [0.5, 0.6) is 0 Å². The van der Waals surface area contributed by atoms with Gasteiger partial charge in [0.1, 0.15) is 18.3 Å². The van der Waals surface area contributed by atoms with Crippen LogP contribution in [-0.2, 0) is 16.4 Å². The summed E-state index contributed by atoms with van der Waals surface area (Å²) in [6.07, 6.45) is 12.8. The number of halogens is 1. The predicted molar refractivity (Wildman–Crippen MR) is 127 cm³/mol. The second-order valence-corrected chi connectivity index (χ2v) is 10.6. The fourth-order valence-corrected chi connectivity index (χ4v) is 6.51. The van der Waals surface area contributed by atoms with Crippen molar-refractivity contribution in [2.45, 2.75) is 56.0 Å². The molecule has 0 radical (unpaired) electrons. The topological polar surface area (TPSA) is 94.2 Å². The van der Waals surface area contributed by atoms with Crippen molar-refractivity contribution in [2.75, 3.05) is 0 Å². The van der Waals surface area contributed by atoms with Gasteiger partial charge in [0.15, 0.2) is 0 Å². The first kappa shape index (κ1) is 22.1. The molecule has 172 valence electrons. The number of sulfonamides is 1. The van der Waals surface area contributed by atoms with Gasteiger partial charge in [0.05, 0.1) is 9.92 Å². The predicted octanol–water partition coefficient (Wildman–Crippen LogP) is 4.27. The van der Waals surface area contributed by atoms with Gasteiger partial charge < -0.3 is 8.97 Å². The lowest BCUT2D eigenvalue weighted by Crippen LogP contribution is -2.39. The van der Waals surface area contributed by atoms with E-state index in [0.29, 0.717) is 16.3 Å². The van der Waals surface area contributed by atoms with Gasteiger partial charge in [0, 0.05) is 36.2 Å². The molecule has 1 aliphatic carbocycles. The quantitative estimate of drug-likeness (QED) is 0.441. The lowest BCUT2D eigenvalue weighted by atomic mass is 9.91. The number of hydrogen-bond donors (Lipinski definition) is 1. The number of nitrogens with zero attached hydrogens (tertiary/aromatic N) is 5. The number of aryl methyl sites for hydroxylation is 1. The summed E-state index contributed by atoms with van der Waals surface area (Å²) in [6, 6.07) is 7.38. The van der Waals surface area contributed by atoms with Gasteiger partial charge in [-0.15, -0.1) is 10.2 Å². The summed E-state index contributed by atoms with van der Waals surface area (Å²) >= 11 is 6.30. The van der Waals surface area contributed by atoms with Crippen LogP contribution in [0, 0.1) is 0 Å². The molecule has 3 heterocycles. The van der Waals surface area contributed by atoms with Crippen LogP contribution in [-0.4, -0.2) is 38.6 Å². The maximum Gasteiger partial charge on any atom is 0.241 e. The van der Waals surface area contributed by atoms with Gasteiger partial charge in [-0.05, 0) is 61.4 Å².